The Morgan fingerprint density at radius 3 is 1.19 bits per heavy atom. The largest absolute Gasteiger partial charge is 0.310 e. The Kier molecular flexibility index (Phi) is 8.43. The molecule has 0 saturated heterocycles. The molecule has 4 aliphatic rings. The summed E-state index contributed by atoms with van der Waals surface area (Å²) in [5.74, 6) is 0. The van der Waals surface area contributed by atoms with Gasteiger partial charge in [-0.15, -0.1) is 0 Å². The number of hydrogen-bond acceptors (Lipinski definition) is 1. The monoisotopic (exact) mass is 881 g/mol. The van der Waals surface area contributed by atoms with Crippen molar-refractivity contribution in [1.29, 1.82) is 0 Å². The molecule has 1 nitrogen and oxygen atoms in total. The van der Waals surface area contributed by atoms with Crippen LogP contribution < -0.4 is 4.90 Å². The number of rotatable bonds is 6. The normalized spacial score (nSPS) is 17.6. The highest BCUT2D eigenvalue weighted by Gasteiger charge is 2.53. The lowest BCUT2D eigenvalue weighted by molar-refractivity contribution is 0.473. The summed E-state index contributed by atoms with van der Waals surface area (Å²) in [4.78, 5) is 2.52. The smallest absolute Gasteiger partial charge is 0.0726 e. The van der Waals surface area contributed by atoms with Gasteiger partial charge in [-0.25, -0.2) is 0 Å². The van der Waals surface area contributed by atoms with Crippen molar-refractivity contribution in [3.8, 4) is 33.4 Å². The Labute approximate surface area is 406 Å². The van der Waals surface area contributed by atoms with Crippen molar-refractivity contribution in [2.75, 3.05) is 4.90 Å². The second-order valence-electron chi connectivity index (χ2n) is 20.6. The Bertz CT molecular complexity index is 3590. The molecule has 14 rings (SSSR count). The van der Waals surface area contributed by atoms with Crippen LogP contribution in [0.5, 0.6) is 0 Å². The van der Waals surface area contributed by atoms with Crippen molar-refractivity contribution < 1.29 is 0 Å². The minimum atomic E-state index is -0.444. The van der Waals surface area contributed by atoms with Crippen LogP contribution in [0.3, 0.4) is 0 Å². The van der Waals surface area contributed by atoms with Crippen LogP contribution in [0.1, 0.15) is 88.4 Å². The second kappa shape index (κ2) is 14.5. The van der Waals surface area contributed by atoms with E-state index >= 15 is 0 Å². The van der Waals surface area contributed by atoms with Crippen LogP contribution in [0, 0.1) is 0 Å². The van der Waals surface area contributed by atoms with Gasteiger partial charge in [-0.3, -0.25) is 0 Å². The van der Waals surface area contributed by atoms with E-state index in [-0.39, 0.29) is 16.2 Å². The summed E-state index contributed by atoms with van der Waals surface area (Å²) in [7, 11) is 0. The number of benzene rings is 10. The second-order valence-corrected chi connectivity index (χ2v) is 20.6. The van der Waals surface area contributed by atoms with Crippen LogP contribution in [0.25, 0.3) is 33.4 Å². The minimum Gasteiger partial charge on any atom is -0.310 e. The molecular weight excluding hydrogens is 831 g/mol. The highest BCUT2D eigenvalue weighted by Crippen LogP contribution is 2.64. The molecule has 0 radical (unpaired) electrons. The quantitative estimate of drug-likeness (QED) is 0.161. The molecule has 328 valence electrons. The van der Waals surface area contributed by atoms with E-state index in [4.69, 9.17) is 0 Å². The Balaban J connectivity index is 0.963. The molecule has 10 aromatic rings. The van der Waals surface area contributed by atoms with E-state index in [1.807, 2.05) is 0 Å². The first-order valence-corrected chi connectivity index (χ1v) is 24.6. The summed E-state index contributed by atoms with van der Waals surface area (Å²) in [6.45, 7) is 7.25. The van der Waals surface area contributed by atoms with Crippen molar-refractivity contribution in [3.05, 3.63) is 304 Å². The Morgan fingerprint density at radius 2 is 0.667 bits per heavy atom. The van der Waals surface area contributed by atoms with Crippen molar-refractivity contribution in [2.45, 2.75) is 48.9 Å². The van der Waals surface area contributed by atoms with Gasteiger partial charge in [0.1, 0.15) is 0 Å². The van der Waals surface area contributed by atoms with Gasteiger partial charge < -0.3 is 4.90 Å². The molecule has 0 amide bonds. The predicted molar refractivity (Wildman–Crippen MR) is 285 cm³/mol. The van der Waals surface area contributed by atoms with Gasteiger partial charge in [0.25, 0.3) is 0 Å². The summed E-state index contributed by atoms with van der Waals surface area (Å²) in [5, 5.41) is 0. The van der Waals surface area contributed by atoms with E-state index in [0.29, 0.717) is 0 Å². The molecule has 0 N–H and O–H groups in total. The summed E-state index contributed by atoms with van der Waals surface area (Å²) in [6.07, 6.45) is 0.924. The highest BCUT2D eigenvalue weighted by atomic mass is 15.1. The van der Waals surface area contributed by atoms with E-state index in [1.54, 1.807) is 0 Å². The third kappa shape index (κ3) is 5.31. The van der Waals surface area contributed by atoms with Gasteiger partial charge >= 0.3 is 0 Å². The Hall–Kier alpha value is -8.00. The van der Waals surface area contributed by atoms with E-state index in [0.717, 1.165) is 23.5 Å². The van der Waals surface area contributed by atoms with Crippen LogP contribution >= 0.6 is 0 Å². The first-order valence-electron chi connectivity index (χ1n) is 24.6. The first-order chi connectivity index (χ1) is 33.8. The van der Waals surface area contributed by atoms with Crippen LogP contribution in [0.15, 0.2) is 243 Å². The van der Waals surface area contributed by atoms with Crippen molar-refractivity contribution in [3.63, 3.8) is 0 Å². The molecule has 0 saturated carbocycles. The van der Waals surface area contributed by atoms with E-state index < -0.39 is 5.41 Å². The fourth-order valence-electron chi connectivity index (χ4n) is 13.9. The lowest BCUT2D eigenvalue weighted by atomic mass is 9.67. The molecule has 1 spiro atoms. The maximum absolute atomic E-state index is 2.53. The van der Waals surface area contributed by atoms with Crippen molar-refractivity contribution in [2.24, 2.45) is 0 Å². The van der Waals surface area contributed by atoms with Gasteiger partial charge in [-0.2, -0.15) is 0 Å². The van der Waals surface area contributed by atoms with E-state index in [2.05, 4.69) is 268 Å². The zero-order valence-corrected chi connectivity index (χ0v) is 39.2. The molecular formula is C68H51N. The fourth-order valence-corrected chi connectivity index (χ4v) is 13.9. The predicted octanol–water partition coefficient (Wildman–Crippen LogP) is 16.9. The van der Waals surface area contributed by atoms with E-state index in [9.17, 15) is 0 Å². The van der Waals surface area contributed by atoms with Gasteiger partial charge in [0.2, 0.25) is 0 Å². The van der Waals surface area contributed by atoms with Gasteiger partial charge in [0, 0.05) is 33.3 Å². The molecule has 10 aromatic carbocycles. The number of anilines is 3. The maximum atomic E-state index is 2.53. The van der Waals surface area contributed by atoms with Crippen LogP contribution in [0.2, 0.25) is 0 Å². The average Bonchev–Trinajstić information content (AvgIpc) is 4.06. The number of fused-ring (bicyclic) bond motifs is 14. The van der Waals surface area contributed by atoms with Gasteiger partial charge in [0.05, 0.1) is 5.41 Å². The molecule has 0 heterocycles. The summed E-state index contributed by atoms with van der Waals surface area (Å²) < 4.78 is 0. The maximum Gasteiger partial charge on any atom is 0.0726 e. The molecule has 0 aliphatic heterocycles. The molecule has 1 unspecified atom stereocenters. The fraction of sp³-hybridized carbons (Fsp3) is 0.118. The lowest BCUT2D eigenvalue weighted by Crippen LogP contribution is -2.30. The molecule has 0 bridgehead atoms. The Morgan fingerprint density at radius 1 is 0.290 bits per heavy atom. The molecule has 0 aromatic heterocycles. The van der Waals surface area contributed by atoms with Gasteiger partial charge in [-0.05, 0) is 137 Å². The molecule has 4 aliphatic carbocycles. The summed E-state index contributed by atoms with van der Waals surface area (Å²) in [5.41, 5.74) is 25.1. The number of hydrogen-bond donors (Lipinski definition) is 0. The van der Waals surface area contributed by atoms with Gasteiger partial charge in [-0.1, -0.05) is 227 Å². The SMILES string of the molecule is CC1(C)c2ccccc2-c2ccc(N(c3ccc(C4(C)CC(c5ccccc5)(c5ccccc5)c5ccccc54)cc3)c3ccc4c(c3)C3(c5ccccc5-c5ccccc53)c3ccccc3-4)cc21. The summed E-state index contributed by atoms with van der Waals surface area (Å²) >= 11 is 0. The van der Waals surface area contributed by atoms with Crippen LogP contribution in [0.4, 0.5) is 17.1 Å². The third-order valence-corrected chi connectivity index (χ3v) is 17.0. The summed E-state index contributed by atoms with van der Waals surface area (Å²) in [6, 6.07) is 92.0. The van der Waals surface area contributed by atoms with Crippen molar-refractivity contribution in [1.82, 2.24) is 0 Å². The zero-order chi connectivity index (χ0) is 46.1. The molecule has 0 fully saturated rings. The zero-order valence-electron chi connectivity index (χ0n) is 39.2. The lowest BCUT2D eigenvalue weighted by Gasteiger charge is -2.35. The average molecular weight is 882 g/mol. The highest BCUT2D eigenvalue weighted by molar-refractivity contribution is 5.96. The molecule has 69 heavy (non-hydrogen) atoms. The third-order valence-electron chi connectivity index (χ3n) is 17.0. The van der Waals surface area contributed by atoms with Crippen LogP contribution in [-0.4, -0.2) is 0 Å². The standard InChI is InChI=1S/C68H51N/c1-65(2)57-28-14-10-24-51(57)55-40-38-49(42-63(55)65)69(50-39-41-56-54-27-13-17-31-60(54)68(64(56)43-50)58-29-15-11-25-52(58)53-26-12-16-30-59(53)68)48-36-34-45(35-37-48)66(3)44-67(46-20-6-4-7-21-46,47-22-8-5-9-23-47)62-33-19-18-32-61(62)66/h4-43H,44H2,1-3H3. The van der Waals surface area contributed by atoms with Gasteiger partial charge in [0.15, 0.2) is 0 Å². The van der Waals surface area contributed by atoms with Crippen molar-refractivity contribution >= 4 is 17.1 Å². The molecule has 1 atom stereocenters. The van der Waals surface area contributed by atoms with E-state index in [1.165, 1.54) is 94.6 Å². The van der Waals surface area contributed by atoms with Crippen LogP contribution in [-0.2, 0) is 21.7 Å². The first kappa shape index (κ1) is 40.1. The number of nitrogens with zero attached hydrogens (tertiary/aromatic N) is 1. The minimum absolute atomic E-state index is 0.146. The topological polar surface area (TPSA) is 3.24 Å². The molecule has 1 heteroatoms.